The summed E-state index contributed by atoms with van der Waals surface area (Å²) < 4.78 is 58.0. The molecule has 3 aromatic carbocycles. The van der Waals surface area contributed by atoms with Crippen molar-refractivity contribution in [3.8, 4) is 11.5 Å². The van der Waals surface area contributed by atoms with Crippen LogP contribution in [0.3, 0.4) is 0 Å². The van der Waals surface area contributed by atoms with E-state index in [2.05, 4.69) is 0 Å². The van der Waals surface area contributed by atoms with E-state index in [-0.39, 0.29) is 33.9 Å². The van der Waals surface area contributed by atoms with Crippen LogP contribution in [0.1, 0.15) is 47.1 Å². The lowest BCUT2D eigenvalue weighted by Crippen LogP contribution is -2.29. The van der Waals surface area contributed by atoms with Crippen molar-refractivity contribution in [3.05, 3.63) is 98.4 Å². The molecule has 5 rings (SSSR count). The van der Waals surface area contributed by atoms with E-state index in [1.807, 2.05) is 13.8 Å². The van der Waals surface area contributed by atoms with Crippen LogP contribution in [-0.2, 0) is 6.18 Å². The Hall–Kier alpha value is -3.98. The van der Waals surface area contributed by atoms with Crippen molar-refractivity contribution in [2.45, 2.75) is 26.1 Å². The van der Waals surface area contributed by atoms with E-state index in [0.717, 1.165) is 17.0 Å². The molecule has 1 amide bonds. The van der Waals surface area contributed by atoms with Crippen LogP contribution in [0.4, 0.5) is 18.9 Å². The van der Waals surface area contributed by atoms with Crippen LogP contribution in [0, 0.1) is 5.92 Å². The Kier molecular flexibility index (Phi) is 6.80. The average molecular weight is 558 g/mol. The summed E-state index contributed by atoms with van der Waals surface area (Å²) in [7, 11) is 1.45. The lowest BCUT2D eigenvalue weighted by Gasteiger charge is -2.26. The molecule has 1 unspecified atom stereocenters. The van der Waals surface area contributed by atoms with Crippen molar-refractivity contribution >= 4 is 34.2 Å². The minimum Gasteiger partial charge on any atom is -0.493 e. The highest BCUT2D eigenvalue weighted by molar-refractivity contribution is 6.31. The zero-order valence-electron chi connectivity index (χ0n) is 21.1. The third kappa shape index (κ3) is 4.83. The van der Waals surface area contributed by atoms with Crippen LogP contribution in [0.5, 0.6) is 11.5 Å². The zero-order chi connectivity index (χ0) is 28.1. The normalized spacial score (nSPS) is 15.2. The molecule has 0 spiro atoms. The number of carbonyl (C=O) groups excluding carboxylic acids is 1. The minimum atomic E-state index is -4.64. The molecule has 0 N–H and O–H groups in total. The summed E-state index contributed by atoms with van der Waals surface area (Å²) in [6, 6.07) is 12.6. The van der Waals surface area contributed by atoms with E-state index in [1.165, 1.54) is 37.4 Å². The first-order chi connectivity index (χ1) is 18.5. The molecule has 2 heterocycles. The number of ether oxygens (including phenoxy) is 2. The summed E-state index contributed by atoms with van der Waals surface area (Å²) in [5, 5.41) is 0.437. The number of alkyl halides is 3. The Balaban J connectivity index is 1.74. The van der Waals surface area contributed by atoms with Crippen molar-refractivity contribution in [3.63, 3.8) is 0 Å². The van der Waals surface area contributed by atoms with Crippen molar-refractivity contribution in [1.82, 2.24) is 0 Å². The summed E-state index contributed by atoms with van der Waals surface area (Å²) in [6.45, 7) is 4.41. The quantitative estimate of drug-likeness (QED) is 0.250. The van der Waals surface area contributed by atoms with E-state index in [4.69, 9.17) is 25.5 Å². The van der Waals surface area contributed by atoms with Gasteiger partial charge in [-0.3, -0.25) is 14.5 Å². The minimum absolute atomic E-state index is 0.00918. The van der Waals surface area contributed by atoms with Gasteiger partial charge in [-0.05, 0) is 60.0 Å². The summed E-state index contributed by atoms with van der Waals surface area (Å²) in [5.74, 6) is 0.0299. The molecule has 0 saturated heterocycles. The second-order valence-electron chi connectivity index (χ2n) is 9.56. The average Bonchev–Trinajstić information content (AvgIpc) is 3.19. The number of halogens is 4. The Labute approximate surface area is 226 Å². The maximum absolute atomic E-state index is 13.8. The highest BCUT2D eigenvalue weighted by Gasteiger charge is 2.44. The first kappa shape index (κ1) is 26.6. The molecule has 0 aliphatic carbocycles. The molecule has 1 aliphatic rings. The molecule has 4 aromatic rings. The fourth-order valence-electron chi connectivity index (χ4n) is 4.59. The van der Waals surface area contributed by atoms with Gasteiger partial charge in [-0.15, -0.1) is 0 Å². The maximum atomic E-state index is 13.8. The zero-order valence-corrected chi connectivity index (χ0v) is 21.9. The highest BCUT2D eigenvalue weighted by Crippen LogP contribution is 2.44. The van der Waals surface area contributed by atoms with Crippen LogP contribution in [0.25, 0.3) is 11.0 Å². The second-order valence-corrected chi connectivity index (χ2v) is 9.99. The Morgan fingerprint density at radius 3 is 2.49 bits per heavy atom. The Morgan fingerprint density at radius 1 is 1.03 bits per heavy atom. The number of carbonyl (C=O) groups is 1. The van der Waals surface area contributed by atoms with Crippen molar-refractivity contribution in [2.24, 2.45) is 5.92 Å². The fourth-order valence-corrected chi connectivity index (χ4v) is 4.76. The summed E-state index contributed by atoms with van der Waals surface area (Å²) in [4.78, 5) is 28.6. The molecule has 1 aromatic heterocycles. The van der Waals surface area contributed by atoms with E-state index in [9.17, 15) is 22.8 Å². The van der Waals surface area contributed by atoms with Gasteiger partial charge >= 0.3 is 6.18 Å². The van der Waals surface area contributed by atoms with Gasteiger partial charge in [0.1, 0.15) is 5.58 Å². The third-order valence-electron chi connectivity index (χ3n) is 6.36. The van der Waals surface area contributed by atoms with Crippen LogP contribution < -0.4 is 19.8 Å². The molecular formula is C29H23ClF3NO5. The van der Waals surface area contributed by atoms with Crippen LogP contribution in [0.15, 0.2) is 69.9 Å². The summed E-state index contributed by atoms with van der Waals surface area (Å²) in [5.41, 5.74) is -0.954. The Morgan fingerprint density at radius 2 is 1.79 bits per heavy atom. The molecule has 6 nitrogen and oxygen atoms in total. The monoisotopic (exact) mass is 557 g/mol. The van der Waals surface area contributed by atoms with Crippen molar-refractivity contribution in [1.29, 1.82) is 0 Å². The molecule has 1 aliphatic heterocycles. The standard InChI is InChI=1S/C29H23ClF3NO5/c1-15(2)14-38-22-9-7-16(11-23(22)37-3)25-24-26(35)20-13-18(30)8-10-21(20)39-27(24)28(36)34(25)19-6-4-5-17(12-19)29(31,32)33/h4-13,15,25H,14H2,1-3H3. The summed E-state index contributed by atoms with van der Waals surface area (Å²) in [6.07, 6.45) is -4.64. The maximum Gasteiger partial charge on any atom is 0.416 e. The topological polar surface area (TPSA) is 69.0 Å². The molecule has 39 heavy (non-hydrogen) atoms. The van der Waals surface area contributed by atoms with Crippen LogP contribution in [0.2, 0.25) is 5.02 Å². The van der Waals surface area contributed by atoms with Gasteiger partial charge in [0.25, 0.3) is 5.91 Å². The van der Waals surface area contributed by atoms with Crippen LogP contribution in [-0.4, -0.2) is 19.6 Å². The van der Waals surface area contributed by atoms with Gasteiger partial charge in [-0.2, -0.15) is 13.2 Å². The molecule has 0 fully saturated rings. The van der Waals surface area contributed by atoms with Crippen molar-refractivity contribution in [2.75, 3.05) is 18.6 Å². The number of rotatable bonds is 6. The molecule has 202 valence electrons. The smallest absolute Gasteiger partial charge is 0.416 e. The molecule has 0 radical (unpaired) electrons. The number of methoxy groups -OCH3 is 1. The van der Waals surface area contributed by atoms with E-state index in [0.29, 0.717) is 28.7 Å². The predicted molar refractivity (Wildman–Crippen MR) is 141 cm³/mol. The first-order valence-electron chi connectivity index (χ1n) is 12.1. The number of hydrogen-bond acceptors (Lipinski definition) is 5. The largest absolute Gasteiger partial charge is 0.493 e. The number of hydrogen-bond donors (Lipinski definition) is 0. The molecule has 1 atom stereocenters. The number of benzene rings is 3. The van der Waals surface area contributed by atoms with E-state index >= 15 is 0 Å². The number of amides is 1. The predicted octanol–water partition coefficient (Wildman–Crippen LogP) is 7.26. The Bertz CT molecular complexity index is 1650. The molecule has 0 bridgehead atoms. The highest BCUT2D eigenvalue weighted by atomic mass is 35.5. The SMILES string of the molecule is COc1cc(C2c3c(oc4ccc(Cl)cc4c3=O)C(=O)N2c2cccc(C(F)(F)F)c2)ccc1OCC(C)C. The third-order valence-corrected chi connectivity index (χ3v) is 6.59. The van der Waals surface area contributed by atoms with Gasteiger partial charge in [0.2, 0.25) is 5.76 Å². The number of fused-ring (bicyclic) bond motifs is 2. The lowest BCUT2D eigenvalue weighted by atomic mass is 9.97. The first-order valence-corrected chi connectivity index (χ1v) is 12.4. The lowest BCUT2D eigenvalue weighted by molar-refractivity contribution is -0.137. The van der Waals surface area contributed by atoms with E-state index < -0.39 is 29.1 Å². The number of nitrogens with zero attached hydrogens (tertiary/aromatic N) is 1. The van der Waals surface area contributed by atoms with Gasteiger partial charge in [-0.1, -0.05) is 37.6 Å². The molecule has 10 heteroatoms. The van der Waals surface area contributed by atoms with Gasteiger partial charge in [0.05, 0.1) is 36.3 Å². The van der Waals surface area contributed by atoms with Gasteiger partial charge in [-0.25, -0.2) is 0 Å². The van der Waals surface area contributed by atoms with Crippen LogP contribution >= 0.6 is 11.6 Å². The molecule has 0 saturated carbocycles. The van der Waals surface area contributed by atoms with E-state index in [1.54, 1.807) is 18.2 Å². The number of anilines is 1. The van der Waals surface area contributed by atoms with Gasteiger partial charge in [0.15, 0.2) is 16.9 Å². The molecular weight excluding hydrogens is 535 g/mol. The summed E-state index contributed by atoms with van der Waals surface area (Å²) >= 11 is 6.12. The fraction of sp³-hybridized carbons (Fsp3) is 0.241. The van der Waals surface area contributed by atoms with Crippen molar-refractivity contribution < 1.29 is 31.9 Å². The van der Waals surface area contributed by atoms with Gasteiger partial charge in [0, 0.05) is 10.7 Å². The second kappa shape index (κ2) is 9.96. The van der Waals surface area contributed by atoms with Gasteiger partial charge < -0.3 is 13.9 Å².